The van der Waals surface area contributed by atoms with E-state index in [1.807, 2.05) is 0 Å². The molecular formula is C11H17N3O. The third-order valence-electron chi connectivity index (χ3n) is 3.22. The average Bonchev–Trinajstić information content (AvgIpc) is 2.82. The second kappa shape index (κ2) is 3.93. The van der Waals surface area contributed by atoms with Crippen LogP contribution < -0.4 is 0 Å². The van der Waals surface area contributed by atoms with Crippen LogP contribution in [0.15, 0.2) is 0 Å². The quantitative estimate of drug-likeness (QED) is 0.819. The van der Waals surface area contributed by atoms with Gasteiger partial charge in [-0.1, -0.05) is 0 Å². The van der Waals surface area contributed by atoms with Crippen LogP contribution in [-0.2, 0) is 11.2 Å². The van der Waals surface area contributed by atoms with Crippen LogP contribution in [-0.4, -0.2) is 27.9 Å². The van der Waals surface area contributed by atoms with Crippen molar-refractivity contribution >= 4 is 0 Å². The highest BCUT2D eigenvalue weighted by Crippen LogP contribution is 2.37. The molecule has 0 amide bonds. The molecule has 1 unspecified atom stereocenters. The Kier molecular flexibility index (Phi) is 2.44. The molecule has 0 radical (unpaired) electrons. The molecule has 82 valence electrons. The molecule has 4 heteroatoms. The summed E-state index contributed by atoms with van der Waals surface area (Å²) in [5, 5.41) is 7.28. The van der Waals surface area contributed by atoms with E-state index in [1.54, 1.807) is 0 Å². The number of aromatic amines is 1. The Morgan fingerprint density at radius 3 is 3.00 bits per heavy atom. The van der Waals surface area contributed by atoms with Gasteiger partial charge >= 0.3 is 0 Å². The minimum Gasteiger partial charge on any atom is -0.378 e. The molecule has 4 nitrogen and oxygen atoms in total. The number of rotatable bonds is 4. The van der Waals surface area contributed by atoms with Gasteiger partial charge in [0.25, 0.3) is 0 Å². The third kappa shape index (κ3) is 2.20. The Labute approximate surface area is 89.4 Å². The van der Waals surface area contributed by atoms with Crippen LogP contribution in [0.4, 0.5) is 0 Å². The molecule has 1 atom stereocenters. The lowest BCUT2D eigenvalue weighted by atomic mass is 10.1. The van der Waals surface area contributed by atoms with E-state index in [9.17, 15) is 0 Å². The first-order valence-corrected chi connectivity index (χ1v) is 5.94. The molecule has 1 aliphatic heterocycles. The molecule has 0 bridgehead atoms. The van der Waals surface area contributed by atoms with E-state index in [4.69, 9.17) is 4.74 Å². The lowest BCUT2D eigenvalue weighted by Gasteiger charge is -2.06. The zero-order valence-corrected chi connectivity index (χ0v) is 8.91. The summed E-state index contributed by atoms with van der Waals surface area (Å²) in [6, 6.07) is 0. The van der Waals surface area contributed by atoms with Crippen molar-refractivity contribution in [2.24, 2.45) is 0 Å². The molecule has 1 aliphatic carbocycles. The first kappa shape index (κ1) is 9.33. The van der Waals surface area contributed by atoms with Crippen molar-refractivity contribution in [2.45, 2.75) is 50.5 Å². The molecular weight excluding hydrogens is 190 g/mol. The van der Waals surface area contributed by atoms with E-state index in [0.29, 0.717) is 12.0 Å². The van der Waals surface area contributed by atoms with Gasteiger partial charge in [-0.25, -0.2) is 4.98 Å². The molecule has 0 spiro atoms. The number of hydrogen-bond donors (Lipinski definition) is 1. The van der Waals surface area contributed by atoms with Gasteiger partial charge in [0.15, 0.2) is 5.82 Å². The number of nitrogens with one attached hydrogen (secondary N) is 1. The normalized spacial score (nSPS) is 26.0. The van der Waals surface area contributed by atoms with Crippen LogP contribution >= 0.6 is 0 Å². The van der Waals surface area contributed by atoms with E-state index >= 15 is 0 Å². The largest absolute Gasteiger partial charge is 0.378 e. The zero-order valence-electron chi connectivity index (χ0n) is 8.91. The molecule has 2 heterocycles. The molecule has 3 rings (SSSR count). The van der Waals surface area contributed by atoms with Crippen LogP contribution in [0.5, 0.6) is 0 Å². The minimum atomic E-state index is 0.458. The Morgan fingerprint density at radius 2 is 2.27 bits per heavy atom. The van der Waals surface area contributed by atoms with Crippen molar-refractivity contribution in [3.8, 4) is 0 Å². The number of hydrogen-bond acceptors (Lipinski definition) is 3. The van der Waals surface area contributed by atoms with E-state index in [1.165, 1.54) is 25.7 Å². The minimum absolute atomic E-state index is 0.458. The van der Waals surface area contributed by atoms with E-state index < -0.39 is 0 Å². The molecule has 1 saturated heterocycles. The van der Waals surface area contributed by atoms with Gasteiger partial charge in [-0.3, -0.25) is 5.10 Å². The molecule has 1 aromatic rings. The molecule has 0 aromatic carbocycles. The predicted octanol–water partition coefficient (Wildman–Crippen LogP) is 1.79. The van der Waals surface area contributed by atoms with E-state index in [2.05, 4.69) is 15.2 Å². The second-order valence-corrected chi connectivity index (χ2v) is 4.59. The van der Waals surface area contributed by atoms with Crippen LogP contribution in [0.3, 0.4) is 0 Å². The monoisotopic (exact) mass is 207 g/mol. The van der Waals surface area contributed by atoms with Crippen LogP contribution in [0, 0.1) is 0 Å². The molecule has 1 aromatic heterocycles. The van der Waals surface area contributed by atoms with Gasteiger partial charge < -0.3 is 4.74 Å². The maximum Gasteiger partial charge on any atom is 0.153 e. The maximum atomic E-state index is 5.58. The van der Waals surface area contributed by atoms with Gasteiger partial charge in [0, 0.05) is 18.9 Å². The summed E-state index contributed by atoms with van der Waals surface area (Å²) in [7, 11) is 0. The van der Waals surface area contributed by atoms with Crippen molar-refractivity contribution in [1.29, 1.82) is 0 Å². The van der Waals surface area contributed by atoms with Gasteiger partial charge in [-0.05, 0) is 32.1 Å². The van der Waals surface area contributed by atoms with Crippen LogP contribution in [0.25, 0.3) is 0 Å². The van der Waals surface area contributed by atoms with Crippen molar-refractivity contribution in [2.75, 3.05) is 6.61 Å². The number of aryl methyl sites for hydroxylation is 1. The van der Waals surface area contributed by atoms with Crippen molar-refractivity contribution in [3.63, 3.8) is 0 Å². The van der Waals surface area contributed by atoms with Crippen LogP contribution in [0.1, 0.15) is 49.7 Å². The highest BCUT2D eigenvalue weighted by molar-refractivity contribution is 5.05. The number of aromatic nitrogens is 3. The summed E-state index contributed by atoms with van der Waals surface area (Å²) in [4.78, 5) is 4.51. The fourth-order valence-electron chi connectivity index (χ4n) is 2.12. The summed E-state index contributed by atoms with van der Waals surface area (Å²) in [6.07, 6.45) is 7.48. The smallest absolute Gasteiger partial charge is 0.153 e. The lowest BCUT2D eigenvalue weighted by molar-refractivity contribution is 0.104. The number of ether oxygens (including phenoxy) is 1. The molecule has 2 aliphatic rings. The highest BCUT2D eigenvalue weighted by Gasteiger charge is 2.27. The fourth-order valence-corrected chi connectivity index (χ4v) is 2.12. The molecule has 1 N–H and O–H groups in total. The molecule has 2 fully saturated rings. The van der Waals surface area contributed by atoms with Crippen molar-refractivity contribution in [1.82, 2.24) is 15.2 Å². The maximum absolute atomic E-state index is 5.58. The van der Waals surface area contributed by atoms with Crippen molar-refractivity contribution < 1.29 is 4.74 Å². The Bertz CT molecular complexity index is 326. The number of nitrogens with zero attached hydrogens (tertiary/aromatic N) is 2. The summed E-state index contributed by atoms with van der Waals surface area (Å²) >= 11 is 0. The lowest BCUT2D eigenvalue weighted by Crippen LogP contribution is -2.06. The predicted molar refractivity (Wildman–Crippen MR) is 55.7 cm³/mol. The average molecular weight is 207 g/mol. The van der Waals surface area contributed by atoms with E-state index in [0.717, 1.165) is 31.1 Å². The summed E-state index contributed by atoms with van der Waals surface area (Å²) < 4.78 is 5.58. The first-order chi connectivity index (χ1) is 7.42. The van der Waals surface area contributed by atoms with Gasteiger partial charge in [-0.15, -0.1) is 0 Å². The molecule has 15 heavy (non-hydrogen) atoms. The van der Waals surface area contributed by atoms with Gasteiger partial charge in [0.2, 0.25) is 0 Å². The SMILES string of the molecule is C1COC(CCc2nc(C3CC3)n[nH]2)C1. The standard InChI is InChI=1S/C11H17N3O/c1-2-9(15-7-1)5-6-10-12-11(14-13-10)8-3-4-8/h8-9H,1-7H2,(H,12,13,14). The first-order valence-electron chi connectivity index (χ1n) is 5.94. The van der Waals surface area contributed by atoms with Crippen molar-refractivity contribution in [3.05, 3.63) is 11.6 Å². The Hall–Kier alpha value is -0.900. The van der Waals surface area contributed by atoms with Gasteiger partial charge in [0.1, 0.15) is 5.82 Å². The highest BCUT2D eigenvalue weighted by atomic mass is 16.5. The topological polar surface area (TPSA) is 50.8 Å². The summed E-state index contributed by atoms with van der Waals surface area (Å²) in [5.41, 5.74) is 0. The fraction of sp³-hybridized carbons (Fsp3) is 0.818. The molecule has 1 saturated carbocycles. The third-order valence-corrected chi connectivity index (χ3v) is 3.22. The summed E-state index contributed by atoms with van der Waals surface area (Å²) in [6.45, 7) is 0.939. The Morgan fingerprint density at radius 1 is 1.33 bits per heavy atom. The van der Waals surface area contributed by atoms with E-state index in [-0.39, 0.29) is 0 Å². The van der Waals surface area contributed by atoms with Gasteiger partial charge in [-0.2, -0.15) is 5.10 Å². The summed E-state index contributed by atoms with van der Waals surface area (Å²) in [5.74, 6) is 2.71. The Balaban J connectivity index is 1.52. The second-order valence-electron chi connectivity index (χ2n) is 4.59. The van der Waals surface area contributed by atoms with Crippen LogP contribution in [0.2, 0.25) is 0 Å². The zero-order chi connectivity index (χ0) is 10.1. The number of H-pyrrole nitrogens is 1. The van der Waals surface area contributed by atoms with Gasteiger partial charge in [0.05, 0.1) is 6.10 Å².